The number of carbonyl (C=O) groups excluding carboxylic acids is 1. The Morgan fingerprint density at radius 3 is 3.11 bits per heavy atom. The van der Waals surface area contributed by atoms with Crippen molar-refractivity contribution < 1.29 is 9.53 Å². The summed E-state index contributed by atoms with van der Waals surface area (Å²) in [5.41, 5.74) is 0.531. The largest absolute Gasteiger partial charge is 0.383 e. The number of rotatable bonds is 5. The van der Waals surface area contributed by atoms with Crippen LogP contribution in [0.5, 0.6) is 0 Å². The predicted octanol–water partition coefficient (Wildman–Crippen LogP) is 0.185. The van der Waals surface area contributed by atoms with Crippen molar-refractivity contribution in [2.75, 3.05) is 25.6 Å². The van der Waals surface area contributed by atoms with Crippen LogP contribution in [-0.4, -0.2) is 36.8 Å². The van der Waals surface area contributed by atoms with Crippen molar-refractivity contribution in [1.82, 2.24) is 9.88 Å². The number of carbonyl (C=O) groups is 1. The molecule has 1 aliphatic heterocycles. The van der Waals surface area contributed by atoms with E-state index in [2.05, 4.69) is 10.6 Å². The van der Waals surface area contributed by atoms with Crippen LogP contribution in [0.4, 0.5) is 5.69 Å². The molecule has 104 valence electrons. The van der Waals surface area contributed by atoms with Gasteiger partial charge in [0.2, 0.25) is 5.91 Å². The lowest BCUT2D eigenvalue weighted by Gasteiger charge is -2.12. The van der Waals surface area contributed by atoms with Crippen molar-refractivity contribution in [3.05, 3.63) is 28.7 Å². The molecule has 0 saturated carbocycles. The summed E-state index contributed by atoms with van der Waals surface area (Å²) in [6.45, 7) is 1.81. The number of nitrogens with zero attached hydrogens (tertiary/aromatic N) is 1. The molecular formula is C13H19N3O3. The number of anilines is 1. The molecule has 0 spiro atoms. The Morgan fingerprint density at radius 1 is 1.58 bits per heavy atom. The van der Waals surface area contributed by atoms with E-state index in [-0.39, 0.29) is 17.5 Å². The SMILES string of the molecule is COCCn1cc(NC(=O)[C@H]2CCCN2)ccc1=O. The van der Waals surface area contributed by atoms with Gasteiger partial charge in [0.1, 0.15) is 0 Å². The maximum absolute atomic E-state index is 11.9. The topological polar surface area (TPSA) is 72.4 Å². The molecule has 2 rings (SSSR count). The van der Waals surface area contributed by atoms with Crippen LogP contribution < -0.4 is 16.2 Å². The smallest absolute Gasteiger partial charge is 0.250 e. The van der Waals surface area contributed by atoms with Crippen LogP contribution in [0.2, 0.25) is 0 Å². The van der Waals surface area contributed by atoms with Gasteiger partial charge in [0, 0.05) is 25.9 Å². The number of aromatic nitrogens is 1. The first-order chi connectivity index (χ1) is 9.20. The van der Waals surface area contributed by atoms with Crippen molar-refractivity contribution in [3.8, 4) is 0 Å². The molecule has 0 radical (unpaired) electrons. The predicted molar refractivity (Wildman–Crippen MR) is 72.2 cm³/mol. The normalized spacial score (nSPS) is 18.5. The van der Waals surface area contributed by atoms with E-state index in [1.54, 1.807) is 19.4 Å². The number of pyridine rings is 1. The lowest BCUT2D eigenvalue weighted by molar-refractivity contribution is -0.117. The Kier molecular flexibility index (Phi) is 4.70. The van der Waals surface area contributed by atoms with Gasteiger partial charge in [-0.1, -0.05) is 0 Å². The first-order valence-corrected chi connectivity index (χ1v) is 6.44. The lowest BCUT2D eigenvalue weighted by Crippen LogP contribution is -2.35. The van der Waals surface area contributed by atoms with Crippen LogP contribution >= 0.6 is 0 Å². The fourth-order valence-electron chi connectivity index (χ4n) is 2.11. The molecule has 1 aliphatic rings. The molecule has 1 saturated heterocycles. The summed E-state index contributed by atoms with van der Waals surface area (Å²) in [4.78, 5) is 23.5. The van der Waals surface area contributed by atoms with E-state index < -0.39 is 0 Å². The Labute approximate surface area is 111 Å². The van der Waals surface area contributed by atoms with Crippen molar-refractivity contribution in [2.45, 2.75) is 25.4 Å². The summed E-state index contributed by atoms with van der Waals surface area (Å²) >= 11 is 0. The molecular weight excluding hydrogens is 246 g/mol. The fraction of sp³-hybridized carbons (Fsp3) is 0.538. The molecule has 19 heavy (non-hydrogen) atoms. The highest BCUT2D eigenvalue weighted by Crippen LogP contribution is 2.09. The summed E-state index contributed by atoms with van der Waals surface area (Å²) in [7, 11) is 1.59. The van der Waals surface area contributed by atoms with E-state index in [4.69, 9.17) is 4.74 Å². The molecule has 0 bridgehead atoms. The number of methoxy groups -OCH3 is 1. The molecule has 0 aliphatic carbocycles. The summed E-state index contributed by atoms with van der Waals surface area (Å²) in [5, 5.41) is 5.96. The van der Waals surface area contributed by atoms with Gasteiger partial charge in [0.15, 0.2) is 0 Å². The van der Waals surface area contributed by atoms with Gasteiger partial charge in [-0.25, -0.2) is 0 Å². The molecule has 0 aromatic carbocycles. The molecule has 1 aromatic heterocycles. The minimum atomic E-state index is -0.126. The summed E-state index contributed by atoms with van der Waals surface area (Å²) < 4.78 is 6.47. The second kappa shape index (κ2) is 6.49. The van der Waals surface area contributed by atoms with Gasteiger partial charge in [-0.3, -0.25) is 9.59 Å². The highest BCUT2D eigenvalue weighted by atomic mass is 16.5. The van der Waals surface area contributed by atoms with E-state index in [9.17, 15) is 9.59 Å². The van der Waals surface area contributed by atoms with E-state index in [0.717, 1.165) is 19.4 Å². The van der Waals surface area contributed by atoms with Crippen molar-refractivity contribution >= 4 is 11.6 Å². The van der Waals surface area contributed by atoms with Crippen LogP contribution in [-0.2, 0) is 16.1 Å². The summed E-state index contributed by atoms with van der Waals surface area (Å²) in [6, 6.07) is 2.95. The van der Waals surface area contributed by atoms with Gasteiger partial charge in [-0.15, -0.1) is 0 Å². The third-order valence-electron chi connectivity index (χ3n) is 3.16. The summed E-state index contributed by atoms with van der Waals surface area (Å²) in [5.74, 6) is -0.0468. The molecule has 6 heteroatoms. The monoisotopic (exact) mass is 265 g/mol. The van der Waals surface area contributed by atoms with Crippen LogP contribution in [0.1, 0.15) is 12.8 Å². The lowest BCUT2D eigenvalue weighted by atomic mass is 10.2. The highest BCUT2D eigenvalue weighted by Gasteiger charge is 2.21. The third-order valence-corrected chi connectivity index (χ3v) is 3.16. The van der Waals surface area contributed by atoms with Gasteiger partial charge in [-0.2, -0.15) is 0 Å². The first kappa shape index (κ1) is 13.8. The van der Waals surface area contributed by atoms with Gasteiger partial charge in [-0.05, 0) is 25.5 Å². The van der Waals surface area contributed by atoms with Crippen LogP contribution in [0, 0.1) is 0 Å². The van der Waals surface area contributed by atoms with Crippen molar-refractivity contribution in [3.63, 3.8) is 0 Å². The Morgan fingerprint density at radius 2 is 2.42 bits per heavy atom. The number of hydrogen-bond donors (Lipinski definition) is 2. The second-order valence-corrected chi connectivity index (χ2v) is 4.58. The van der Waals surface area contributed by atoms with E-state index >= 15 is 0 Å². The Balaban J connectivity index is 2.03. The fourth-order valence-corrected chi connectivity index (χ4v) is 2.11. The first-order valence-electron chi connectivity index (χ1n) is 6.44. The van der Waals surface area contributed by atoms with Gasteiger partial charge in [0.25, 0.3) is 5.56 Å². The molecule has 1 amide bonds. The molecule has 1 atom stereocenters. The minimum absolute atomic E-state index is 0.0468. The second-order valence-electron chi connectivity index (χ2n) is 4.58. The number of ether oxygens (including phenoxy) is 1. The van der Waals surface area contributed by atoms with Crippen LogP contribution in [0.15, 0.2) is 23.1 Å². The zero-order chi connectivity index (χ0) is 13.7. The van der Waals surface area contributed by atoms with Crippen LogP contribution in [0.3, 0.4) is 0 Å². The van der Waals surface area contributed by atoms with Gasteiger partial charge in [0.05, 0.1) is 18.3 Å². The van der Waals surface area contributed by atoms with Gasteiger partial charge >= 0.3 is 0 Å². The molecule has 6 nitrogen and oxygen atoms in total. The molecule has 1 aromatic rings. The quantitative estimate of drug-likeness (QED) is 0.797. The maximum Gasteiger partial charge on any atom is 0.250 e. The molecule has 0 unspecified atom stereocenters. The van der Waals surface area contributed by atoms with Crippen LogP contribution in [0.25, 0.3) is 0 Å². The van der Waals surface area contributed by atoms with Gasteiger partial charge < -0.3 is 19.9 Å². The minimum Gasteiger partial charge on any atom is -0.383 e. The molecule has 2 N–H and O–H groups in total. The Hall–Kier alpha value is -1.66. The maximum atomic E-state index is 11.9. The standard InChI is InChI=1S/C13H19N3O3/c1-19-8-7-16-9-10(4-5-12(16)17)15-13(18)11-3-2-6-14-11/h4-5,9,11,14H,2-3,6-8H2,1H3,(H,15,18)/t11-/m1/s1. The highest BCUT2D eigenvalue weighted by molar-refractivity contribution is 5.94. The van der Waals surface area contributed by atoms with E-state index in [1.165, 1.54) is 10.6 Å². The molecule has 1 fully saturated rings. The van der Waals surface area contributed by atoms with Crippen molar-refractivity contribution in [1.29, 1.82) is 0 Å². The Bertz CT molecular complexity index is 492. The number of nitrogens with one attached hydrogen (secondary N) is 2. The number of hydrogen-bond acceptors (Lipinski definition) is 4. The third kappa shape index (κ3) is 3.65. The number of amides is 1. The van der Waals surface area contributed by atoms with E-state index in [1.807, 2.05) is 0 Å². The molecule has 2 heterocycles. The summed E-state index contributed by atoms with van der Waals surface area (Å²) in [6.07, 6.45) is 3.52. The van der Waals surface area contributed by atoms with E-state index in [0.29, 0.717) is 18.8 Å². The zero-order valence-corrected chi connectivity index (χ0v) is 11.0. The average Bonchev–Trinajstić information content (AvgIpc) is 2.93. The van der Waals surface area contributed by atoms with Crippen molar-refractivity contribution in [2.24, 2.45) is 0 Å². The zero-order valence-electron chi connectivity index (χ0n) is 11.0. The average molecular weight is 265 g/mol.